The molecule has 8 amide bonds. The minimum Gasteiger partial charge on any atom is -0.481 e. The Morgan fingerprint density at radius 2 is 1.19 bits per heavy atom. The highest BCUT2D eigenvalue weighted by molar-refractivity contribution is 5.95. The minimum atomic E-state index is -3.20. The van der Waals surface area contributed by atoms with Gasteiger partial charge in [0.25, 0.3) is 5.79 Å². The minimum absolute atomic E-state index is 0.0151. The van der Waals surface area contributed by atoms with Crippen molar-refractivity contribution in [1.29, 1.82) is 0 Å². The van der Waals surface area contributed by atoms with E-state index in [1.165, 1.54) is 6.92 Å². The number of aliphatic hydroxyl groups excluding tert-OH is 12. The Kier molecular flexibility index (Phi) is 37.2. The van der Waals surface area contributed by atoms with Crippen molar-refractivity contribution in [3.05, 3.63) is 0 Å². The number of aliphatic hydroxyl groups is 12. The van der Waals surface area contributed by atoms with E-state index in [1.807, 2.05) is 10.6 Å². The van der Waals surface area contributed by atoms with Gasteiger partial charge in [-0.05, 0) is 39.0 Å². The zero-order valence-corrected chi connectivity index (χ0v) is 57.4. The van der Waals surface area contributed by atoms with Gasteiger partial charge >= 0.3 is 17.9 Å². The van der Waals surface area contributed by atoms with Crippen LogP contribution in [0.2, 0.25) is 0 Å². The molecule has 25 atom stereocenters. The average Bonchev–Trinajstić information content (AvgIpc) is 0.751. The molecule has 4 aliphatic heterocycles. The van der Waals surface area contributed by atoms with Gasteiger partial charge < -0.3 is 174 Å². The van der Waals surface area contributed by atoms with E-state index in [4.69, 9.17) is 60.2 Å². The molecule has 105 heavy (non-hydrogen) atoms. The molecule has 0 bridgehead atoms. The Balaban J connectivity index is 1.36. The first-order valence-corrected chi connectivity index (χ1v) is 33.3. The van der Waals surface area contributed by atoms with E-state index < -0.39 is 270 Å². The summed E-state index contributed by atoms with van der Waals surface area (Å²) in [6, 6.07) is -9.63. The number of unbranched alkanes of at least 4 members (excludes halogenated alkanes) is 3. The number of amides is 8. The third-order valence-electron chi connectivity index (χ3n) is 16.9. The van der Waals surface area contributed by atoms with Crippen LogP contribution in [0.3, 0.4) is 0 Å². The number of carboxylic acid groups (broad SMARTS) is 3. The van der Waals surface area contributed by atoms with Gasteiger partial charge in [0.15, 0.2) is 24.8 Å². The molecular formula is C59H100N12O34. The number of carboxylic acids is 3. The number of carbonyl (C=O) groups is 11. The molecule has 4 saturated heterocycles. The van der Waals surface area contributed by atoms with Gasteiger partial charge in [-0.25, -0.2) is 9.59 Å². The number of guanidine groups is 1. The first-order chi connectivity index (χ1) is 49.4. The smallest absolute Gasteiger partial charge is 0.364 e. The van der Waals surface area contributed by atoms with Crippen LogP contribution in [0, 0.1) is 0 Å². The molecule has 46 heteroatoms. The number of rotatable bonds is 43. The van der Waals surface area contributed by atoms with E-state index in [9.17, 15) is 124 Å². The lowest BCUT2D eigenvalue weighted by molar-refractivity contribution is -0.391. The van der Waals surface area contributed by atoms with Crippen molar-refractivity contribution in [3.63, 3.8) is 0 Å². The first kappa shape index (κ1) is 90.0. The average molecular weight is 1520 g/mol. The second-order valence-corrected chi connectivity index (χ2v) is 25.1. The van der Waals surface area contributed by atoms with E-state index in [0.29, 0.717) is 19.3 Å². The van der Waals surface area contributed by atoms with Gasteiger partial charge in [-0.15, -0.1) is 0 Å². The molecule has 46 nitrogen and oxygen atoms in total. The van der Waals surface area contributed by atoms with E-state index in [-0.39, 0.29) is 57.8 Å². The van der Waals surface area contributed by atoms with Crippen molar-refractivity contribution >= 4 is 71.1 Å². The van der Waals surface area contributed by atoms with E-state index >= 15 is 0 Å². The molecule has 0 aromatic carbocycles. The Bertz CT molecular complexity index is 2910. The maximum atomic E-state index is 13.2. The summed E-state index contributed by atoms with van der Waals surface area (Å²) >= 11 is 0. The highest BCUT2D eigenvalue weighted by Gasteiger charge is 2.61. The van der Waals surface area contributed by atoms with Crippen LogP contribution in [0.5, 0.6) is 0 Å². The summed E-state index contributed by atoms with van der Waals surface area (Å²) in [6.45, 7) is -2.59. The normalized spacial score (nSPS) is 30.6. The number of aliphatic carboxylic acids is 3. The predicted octanol–water partition coefficient (Wildman–Crippen LogP) is -14.1. The summed E-state index contributed by atoms with van der Waals surface area (Å²) in [5.74, 6) is -16.1. The molecule has 0 aromatic heterocycles. The number of ether oxygens (including phenoxy) is 8. The third kappa shape index (κ3) is 27.1. The van der Waals surface area contributed by atoms with Crippen molar-refractivity contribution < 1.29 is 167 Å². The number of nitrogens with zero attached hydrogens (tertiary/aromatic N) is 1. The van der Waals surface area contributed by atoms with Crippen molar-refractivity contribution in [1.82, 2.24) is 42.5 Å². The zero-order chi connectivity index (χ0) is 78.7. The number of aliphatic imine (C=N–C) groups is 1. The lowest BCUT2D eigenvalue weighted by Crippen LogP contribution is -2.71. The molecule has 29 N–H and O–H groups in total. The van der Waals surface area contributed by atoms with Gasteiger partial charge in [-0.1, -0.05) is 12.8 Å². The Morgan fingerprint density at radius 1 is 0.600 bits per heavy atom. The number of hydrogen-bond acceptors (Lipinski definition) is 33. The van der Waals surface area contributed by atoms with Crippen molar-refractivity contribution in [2.75, 3.05) is 59.2 Å². The molecule has 4 unspecified atom stereocenters. The molecule has 0 saturated carbocycles. The van der Waals surface area contributed by atoms with Crippen LogP contribution in [-0.4, -0.2) is 359 Å². The maximum Gasteiger partial charge on any atom is 0.364 e. The van der Waals surface area contributed by atoms with Gasteiger partial charge in [0, 0.05) is 46.4 Å². The Morgan fingerprint density at radius 3 is 1.77 bits per heavy atom. The molecular weight excluding hydrogens is 1420 g/mol. The van der Waals surface area contributed by atoms with Crippen LogP contribution in [0.1, 0.15) is 85.0 Å². The fourth-order valence-electron chi connectivity index (χ4n) is 11.3. The van der Waals surface area contributed by atoms with Gasteiger partial charge in [-0.2, -0.15) is 0 Å². The van der Waals surface area contributed by atoms with Crippen LogP contribution in [-0.2, 0) is 90.6 Å². The van der Waals surface area contributed by atoms with Crippen molar-refractivity contribution in [2.45, 2.75) is 237 Å². The van der Waals surface area contributed by atoms with Crippen LogP contribution in [0.4, 0.5) is 0 Å². The lowest BCUT2D eigenvalue weighted by Gasteiger charge is -2.51. The number of carbonyl (C=O) groups excluding carboxylic acids is 8. The topological polar surface area (TPSA) is 752 Å². The zero-order valence-electron chi connectivity index (χ0n) is 57.4. The monoisotopic (exact) mass is 1520 g/mol. The van der Waals surface area contributed by atoms with Crippen molar-refractivity contribution in [2.24, 2.45) is 22.2 Å². The van der Waals surface area contributed by atoms with Gasteiger partial charge in [0.05, 0.1) is 70.2 Å². The van der Waals surface area contributed by atoms with E-state index in [0.717, 1.165) is 13.8 Å². The lowest BCUT2D eigenvalue weighted by atomic mass is 9.88. The second kappa shape index (κ2) is 43.4. The van der Waals surface area contributed by atoms with Crippen LogP contribution < -0.4 is 59.7 Å². The molecule has 600 valence electrons. The molecule has 0 radical (unpaired) electrons. The molecule has 0 aliphatic carbocycles. The third-order valence-corrected chi connectivity index (χ3v) is 16.9. The van der Waals surface area contributed by atoms with Crippen LogP contribution in [0.25, 0.3) is 0 Å². The molecule has 4 rings (SSSR count). The maximum absolute atomic E-state index is 13.2. The first-order valence-electron chi connectivity index (χ1n) is 33.3. The standard InChI is InChI=1S/C59H100N12O34/c1-23-40(85)43(88)44(89)55(99-23)103-48-39(68-25(3)77)54(101-33(22-75)46(48)102-56-45(90)49(42(87)32(21-74)100-56)105-59(57(96)97)16-30(78)38(67-24(2)76)47(104-59)41(86)31(79)20-73)98-14-7-5-4-6-12-63-34(80)11-10-26(60)50(91)65-17-35(81)69-27(9-8-13-64-58(61)62)51(92)66-18-36(82)70-28(15-37(83)84)52(93)71-29(19-72)53(94)95/h23,26-33,38-49,54-56,72-75,78-79,85-90H,4-22,60H2,1-3H3,(H,63,80)(H,65,91)(H,66,92)(H,67,76)(H,68,77)(H,69,81)(H,70,82)(H,71,93)(H,83,84)(H,94,95)(H,96,97)(H4,61,62,64)/t23-,26?,27+,28+,29+,30-,31-,32+,33+,38+,39+,40+,41-,42-,43+,44-,45+,46+,47?,48?,49-,54+,55?,56-,59-/m0/s1. The highest BCUT2D eigenvalue weighted by atomic mass is 16.8. The fraction of sp³-hybridized carbons (Fsp3) is 0.797. The van der Waals surface area contributed by atoms with Gasteiger partial charge in [-0.3, -0.25) is 48.1 Å². The number of nitrogens with two attached hydrogens (primary N) is 3. The summed E-state index contributed by atoms with van der Waals surface area (Å²) in [7, 11) is 0. The summed E-state index contributed by atoms with van der Waals surface area (Å²) in [5.41, 5.74) is 16.7. The number of nitrogens with one attached hydrogen (secondary N) is 8. The summed E-state index contributed by atoms with van der Waals surface area (Å²) in [6.07, 6.45) is -36.1. The summed E-state index contributed by atoms with van der Waals surface area (Å²) < 4.78 is 47.6. The second-order valence-electron chi connectivity index (χ2n) is 25.1. The predicted molar refractivity (Wildman–Crippen MR) is 344 cm³/mol. The quantitative estimate of drug-likeness (QED) is 0.0153. The molecule has 0 aromatic rings. The van der Waals surface area contributed by atoms with Crippen LogP contribution >= 0.6 is 0 Å². The van der Waals surface area contributed by atoms with Crippen molar-refractivity contribution in [3.8, 4) is 0 Å². The largest absolute Gasteiger partial charge is 0.481 e. The summed E-state index contributed by atoms with van der Waals surface area (Å²) in [5, 5.41) is 176. The SMILES string of the molecule is CC(=O)N[C@@H]1C(OC2O[C@@H](C)[C@@H](O)[C@@H](O)[C@@H]2O)[C@H](O[C@@H]2O[C@H](CO)[C@H](O)[C@H](O[C@]3(C(=O)O)C[C@H](O)[C@@H](NC(C)=O)C([C@@H](O)[C@@H](O)CO)O3)[C@H]2O)[C@@H](CO)O[C@H]1OCCCCCCNC(=O)CCC(N)C(=O)NCC(=O)N[C@H](CCCN=C(N)N)C(=O)NCC(=O)N[C@H](CC(=O)O)C(=O)N[C@H](CO)C(=O)O. The highest BCUT2D eigenvalue weighted by Crippen LogP contribution is 2.39. The van der Waals surface area contributed by atoms with E-state index in [1.54, 1.807) is 0 Å². The summed E-state index contributed by atoms with van der Waals surface area (Å²) in [4.78, 5) is 142. The molecule has 4 fully saturated rings. The van der Waals surface area contributed by atoms with Gasteiger partial charge in [0.1, 0.15) is 104 Å². The molecule has 4 aliphatic rings. The Labute approximate surface area is 598 Å². The van der Waals surface area contributed by atoms with Crippen LogP contribution in [0.15, 0.2) is 4.99 Å². The molecule has 4 heterocycles. The molecule has 0 spiro atoms. The van der Waals surface area contributed by atoms with E-state index in [2.05, 4.69) is 36.9 Å². The number of hydrogen-bond donors (Lipinski definition) is 26. The van der Waals surface area contributed by atoms with Gasteiger partial charge in [0.2, 0.25) is 47.3 Å². The Hall–Kier alpha value is -7.40. The fourth-order valence-corrected chi connectivity index (χ4v) is 11.3.